The van der Waals surface area contributed by atoms with E-state index >= 15 is 0 Å². The molecule has 0 bridgehead atoms. The van der Waals surface area contributed by atoms with E-state index in [0.29, 0.717) is 47.9 Å². The van der Waals surface area contributed by atoms with Crippen LogP contribution in [0.1, 0.15) is 11.7 Å². The molecule has 3 N–H and O–H groups in total. The number of aliphatic imine (C=N–C) groups is 1. The molecule has 136 valence electrons. The maximum Gasteiger partial charge on any atom is 0.191 e. The molecule has 0 aromatic heterocycles. The van der Waals surface area contributed by atoms with E-state index in [4.69, 9.17) is 32.7 Å². The Bertz CT molecular complexity index is 522. The number of rotatable bonds is 5. The van der Waals surface area contributed by atoms with Crippen molar-refractivity contribution in [2.75, 3.05) is 40.0 Å². The lowest BCUT2D eigenvalue weighted by atomic mass is 10.1. The highest BCUT2D eigenvalue weighted by Crippen LogP contribution is 2.23. The summed E-state index contributed by atoms with van der Waals surface area (Å²) in [7, 11) is 1.66. The van der Waals surface area contributed by atoms with E-state index in [2.05, 4.69) is 15.6 Å². The molecule has 24 heavy (non-hydrogen) atoms. The number of nitrogens with one attached hydrogen (secondary N) is 2. The SMILES string of the molecule is CN=C(NCC1COCCO1)NCC(O)c1cc(Cl)cc(Cl)c1.I. The van der Waals surface area contributed by atoms with Gasteiger partial charge in [0, 0.05) is 30.2 Å². The minimum atomic E-state index is -0.751. The van der Waals surface area contributed by atoms with Gasteiger partial charge in [-0.3, -0.25) is 4.99 Å². The van der Waals surface area contributed by atoms with Crippen molar-refractivity contribution in [1.82, 2.24) is 10.6 Å². The summed E-state index contributed by atoms with van der Waals surface area (Å²) in [6, 6.07) is 4.99. The quantitative estimate of drug-likeness (QED) is 0.336. The fourth-order valence-corrected chi connectivity index (χ4v) is 2.71. The van der Waals surface area contributed by atoms with Gasteiger partial charge in [-0.05, 0) is 23.8 Å². The molecule has 6 nitrogen and oxygen atoms in total. The van der Waals surface area contributed by atoms with E-state index in [1.807, 2.05) is 0 Å². The average molecular weight is 490 g/mol. The first-order valence-electron chi connectivity index (χ1n) is 7.36. The van der Waals surface area contributed by atoms with Gasteiger partial charge in [0.1, 0.15) is 0 Å². The highest BCUT2D eigenvalue weighted by molar-refractivity contribution is 14.0. The number of hydrogen-bond donors (Lipinski definition) is 3. The van der Waals surface area contributed by atoms with Crippen molar-refractivity contribution in [2.24, 2.45) is 4.99 Å². The van der Waals surface area contributed by atoms with Crippen molar-refractivity contribution >= 4 is 53.1 Å². The van der Waals surface area contributed by atoms with Gasteiger partial charge in [0.2, 0.25) is 0 Å². The molecule has 1 aliphatic rings. The van der Waals surface area contributed by atoms with Crippen molar-refractivity contribution in [2.45, 2.75) is 12.2 Å². The number of hydrogen-bond acceptors (Lipinski definition) is 4. The van der Waals surface area contributed by atoms with Gasteiger partial charge in [0.15, 0.2) is 5.96 Å². The minimum Gasteiger partial charge on any atom is -0.387 e. The molecule has 1 aliphatic heterocycles. The summed E-state index contributed by atoms with van der Waals surface area (Å²) in [5.41, 5.74) is 0.648. The first-order valence-corrected chi connectivity index (χ1v) is 8.12. The van der Waals surface area contributed by atoms with Crippen LogP contribution in [0.4, 0.5) is 0 Å². The third-order valence-corrected chi connectivity index (χ3v) is 3.77. The molecular formula is C15H22Cl2IN3O3. The summed E-state index contributed by atoms with van der Waals surface area (Å²) in [5, 5.41) is 17.4. The summed E-state index contributed by atoms with van der Waals surface area (Å²) in [6.45, 7) is 2.66. The Morgan fingerprint density at radius 3 is 2.58 bits per heavy atom. The Hall–Kier alpha value is -0.320. The van der Waals surface area contributed by atoms with Gasteiger partial charge in [-0.2, -0.15) is 0 Å². The molecule has 1 saturated heterocycles. The zero-order chi connectivity index (χ0) is 16.7. The Labute approximate surface area is 168 Å². The zero-order valence-electron chi connectivity index (χ0n) is 13.3. The topological polar surface area (TPSA) is 75.1 Å². The summed E-state index contributed by atoms with van der Waals surface area (Å²) in [5.74, 6) is 0.575. The fraction of sp³-hybridized carbons (Fsp3) is 0.533. The predicted molar refractivity (Wildman–Crippen MR) is 107 cm³/mol. The molecule has 1 aromatic carbocycles. The summed E-state index contributed by atoms with van der Waals surface area (Å²) in [6.07, 6.45) is -0.752. The number of aliphatic hydroxyl groups is 1. The molecule has 2 rings (SSSR count). The van der Waals surface area contributed by atoms with E-state index in [1.165, 1.54) is 0 Å². The number of halogens is 3. The molecule has 0 radical (unpaired) electrons. The van der Waals surface area contributed by atoms with Crippen LogP contribution < -0.4 is 10.6 Å². The normalized spacial score (nSPS) is 19.3. The molecule has 2 atom stereocenters. The lowest BCUT2D eigenvalue weighted by molar-refractivity contribution is -0.0850. The van der Waals surface area contributed by atoms with Crippen LogP contribution in [0.3, 0.4) is 0 Å². The van der Waals surface area contributed by atoms with E-state index in [9.17, 15) is 5.11 Å². The molecule has 0 aliphatic carbocycles. The Morgan fingerprint density at radius 2 is 2.00 bits per heavy atom. The van der Waals surface area contributed by atoms with Gasteiger partial charge in [0.25, 0.3) is 0 Å². The van der Waals surface area contributed by atoms with Crippen LogP contribution in [0, 0.1) is 0 Å². The monoisotopic (exact) mass is 489 g/mol. The standard InChI is InChI=1S/C15H21Cl2N3O3.HI/c1-18-15(19-7-13-9-22-2-3-23-13)20-8-14(21)10-4-11(16)6-12(17)5-10;/h4-6,13-14,21H,2-3,7-9H2,1H3,(H2,18,19,20);1H. The fourth-order valence-electron chi connectivity index (χ4n) is 2.16. The largest absolute Gasteiger partial charge is 0.387 e. The van der Waals surface area contributed by atoms with Crippen molar-refractivity contribution in [3.05, 3.63) is 33.8 Å². The molecule has 0 spiro atoms. The Morgan fingerprint density at radius 1 is 1.29 bits per heavy atom. The van der Waals surface area contributed by atoms with Crippen molar-refractivity contribution in [1.29, 1.82) is 0 Å². The molecular weight excluding hydrogens is 468 g/mol. The van der Waals surface area contributed by atoms with Gasteiger partial charge < -0.3 is 25.2 Å². The summed E-state index contributed by atoms with van der Waals surface area (Å²) >= 11 is 11.9. The van der Waals surface area contributed by atoms with Crippen molar-refractivity contribution < 1.29 is 14.6 Å². The highest BCUT2D eigenvalue weighted by atomic mass is 127. The number of aliphatic hydroxyl groups excluding tert-OH is 1. The maximum atomic E-state index is 10.2. The smallest absolute Gasteiger partial charge is 0.191 e. The number of nitrogens with zero attached hydrogens (tertiary/aromatic N) is 1. The maximum absolute atomic E-state index is 10.2. The third-order valence-electron chi connectivity index (χ3n) is 3.34. The number of benzene rings is 1. The average Bonchev–Trinajstić information content (AvgIpc) is 2.55. The van der Waals surface area contributed by atoms with Gasteiger partial charge >= 0.3 is 0 Å². The molecule has 2 unspecified atom stereocenters. The molecule has 0 amide bonds. The first kappa shape index (κ1) is 21.7. The molecule has 9 heteroatoms. The van der Waals surface area contributed by atoms with E-state index in [1.54, 1.807) is 25.2 Å². The van der Waals surface area contributed by atoms with Crippen LogP contribution in [-0.4, -0.2) is 57.1 Å². The van der Waals surface area contributed by atoms with Gasteiger partial charge in [0.05, 0.1) is 32.0 Å². The van der Waals surface area contributed by atoms with Gasteiger partial charge in [-0.25, -0.2) is 0 Å². The first-order chi connectivity index (χ1) is 11.1. The molecule has 1 aromatic rings. The van der Waals surface area contributed by atoms with E-state index < -0.39 is 6.10 Å². The number of guanidine groups is 1. The highest BCUT2D eigenvalue weighted by Gasteiger charge is 2.15. The minimum absolute atomic E-state index is 0. The van der Waals surface area contributed by atoms with Crippen molar-refractivity contribution in [3.63, 3.8) is 0 Å². The van der Waals surface area contributed by atoms with Crippen LogP contribution >= 0.6 is 47.2 Å². The number of ether oxygens (including phenoxy) is 2. The molecule has 1 fully saturated rings. The van der Waals surface area contributed by atoms with Gasteiger partial charge in [-0.15, -0.1) is 24.0 Å². The Balaban J connectivity index is 0.00000288. The van der Waals surface area contributed by atoms with Crippen LogP contribution in [0.15, 0.2) is 23.2 Å². The van der Waals surface area contributed by atoms with Crippen LogP contribution in [0.2, 0.25) is 10.0 Å². The summed E-state index contributed by atoms with van der Waals surface area (Å²) < 4.78 is 10.9. The Kier molecular flexibility index (Phi) is 10.3. The summed E-state index contributed by atoms with van der Waals surface area (Å²) in [4.78, 5) is 4.11. The second kappa shape index (κ2) is 11.3. The predicted octanol–water partition coefficient (Wildman–Crippen LogP) is 2.23. The van der Waals surface area contributed by atoms with Crippen LogP contribution in [-0.2, 0) is 9.47 Å². The van der Waals surface area contributed by atoms with E-state index in [0.717, 1.165) is 0 Å². The molecule has 1 heterocycles. The molecule has 0 saturated carbocycles. The lowest BCUT2D eigenvalue weighted by Gasteiger charge is -2.24. The third kappa shape index (κ3) is 7.28. The second-order valence-corrected chi connectivity index (χ2v) is 5.99. The second-order valence-electron chi connectivity index (χ2n) is 5.12. The van der Waals surface area contributed by atoms with Crippen LogP contribution in [0.25, 0.3) is 0 Å². The van der Waals surface area contributed by atoms with E-state index in [-0.39, 0.29) is 36.6 Å². The lowest BCUT2D eigenvalue weighted by Crippen LogP contribution is -2.45. The van der Waals surface area contributed by atoms with Gasteiger partial charge in [-0.1, -0.05) is 23.2 Å². The van der Waals surface area contributed by atoms with Crippen molar-refractivity contribution in [3.8, 4) is 0 Å². The van der Waals surface area contributed by atoms with Crippen LogP contribution in [0.5, 0.6) is 0 Å². The zero-order valence-corrected chi connectivity index (χ0v) is 17.1.